The standard InChI is InChI=1S/C41H49N11O5/c1-41(9-10-41)57-37-20-29-31(22-42-37)46-47-38(29)30-21-35(44-24-43-30)51-15-13-49(14-16-51)23-25-17-28(18-25)56-27-7-11-50(12-8-27)26-3-4-32-34(19-26)48(2)40(55)52(32)33-5-6-36(53)45-39(33)54/h3-4,19-22,24-25,27-28,33H,5-18,23H2,1-2H3,(H,46,47)(H,45,53,54). The summed E-state index contributed by atoms with van der Waals surface area (Å²) in [6.45, 7) is 8.82. The Labute approximate surface area is 329 Å². The molecule has 0 spiro atoms. The molecule has 298 valence electrons. The molecule has 5 aromatic rings. The minimum Gasteiger partial charge on any atom is -0.471 e. The molecule has 4 aromatic heterocycles. The number of aryl methyl sites for hydroxylation is 1. The first-order valence-electron chi connectivity index (χ1n) is 20.4. The van der Waals surface area contributed by atoms with Crippen LogP contribution < -0.4 is 25.5 Å². The maximum Gasteiger partial charge on any atom is 0.329 e. The molecule has 1 unspecified atom stereocenters. The number of imide groups is 1. The third kappa shape index (κ3) is 7.02. The number of nitrogens with zero attached hydrogens (tertiary/aromatic N) is 9. The normalized spacial score (nSPS) is 24.2. The van der Waals surface area contributed by atoms with E-state index in [0.717, 1.165) is 124 Å². The Kier molecular flexibility index (Phi) is 9.00. The summed E-state index contributed by atoms with van der Waals surface area (Å²) in [5.74, 6) is 1.49. The minimum atomic E-state index is -0.682. The van der Waals surface area contributed by atoms with Crippen LogP contribution in [0.25, 0.3) is 33.3 Å². The Balaban J connectivity index is 0.681. The molecule has 5 aliphatic rings. The zero-order valence-electron chi connectivity index (χ0n) is 32.5. The number of piperidine rings is 2. The SMILES string of the molecule is Cn1c(=O)n(C2CCC(=O)NC2=O)c2ccc(N3CCC(OC4CC(CN5CCN(c6cc(-c7n[nH]c8cnc(OC9(C)CC9)cc78)ncn6)CC5)C4)CC3)cc21. The van der Waals surface area contributed by atoms with Crippen molar-refractivity contribution in [3.05, 3.63) is 53.3 Å². The molecule has 1 aromatic carbocycles. The van der Waals surface area contributed by atoms with Crippen LogP contribution in [-0.4, -0.2) is 115 Å². The number of ether oxygens (including phenoxy) is 2. The maximum atomic E-state index is 13.2. The zero-order valence-corrected chi connectivity index (χ0v) is 32.5. The van der Waals surface area contributed by atoms with Gasteiger partial charge in [-0.3, -0.25) is 34.0 Å². The van der Waals surface area contributed by atoms with Crippen LogP contribution in [0, 0.1) is 5.92 Å². The average Bonchev–Trinajstić information content (AvgIpc) is 3.69. The molecule has 57 heavy (non-hydrogen) atoms. The monoisotopic (exact) mass is 775 g/mol. The van der Waals surface area contributed by atoms with E-state index in [1.807, 2.05) is 30.3 Å². The molecule has 3 saturated heterocycles. The number of nitrogens with one attached hydrogen (secondary N) is 2. The fourth-order valence-corrected chi connectivity index (χ4v) is 9.09. The Morgan fingerprint density at radius 1 is 0.877 bits per heavy atom. The van der Waals surface area contributed by atoms with E-state index in [0.29, 0.717) is 29.8 Å². The topological polar surface area (TPSA) is 169 Å². The Hall–Kier alpha value is -5.35. The van der Waals surface area contributed by atoms with Crippen LogP contribution in [0.2, 0.25) is 0 Å². The van der Waals surface area contributed by atoms with Gasteiger partial charge in [0, 0.05) is 82.5 Å². The third-order valence-corrected chi connectivity index (χ3v) is 12.8. The highest BCUT2D eigenvalue weighted by Crippen LogP contribution is 2.40. The van der Waals surface area contributed by atoms with Gasteiger partial charge in [-0.15, -0.1) is 0 Å². The van der Waals surface area contributed by atoms with Crippen LogP contribution in [0.5, 0.6) is 5.88 Å². The van der Waals surface area contributed by atoms with Crippen molar-refractivity contribution >= 4 is 45.3 Å². The summed E-state index contributed by atoms with van der Waals surface area (Å²) in [4.78, 5) is 58.4. The van der Waals surface area contributed by atoms with Gasteiger partial charge in [0.2, 0.25) is 17.7 Å². The minimum absolute atomic E-state index is 0.105. The number of carbonyl (C=O) groups is 2. The lowest BCUT2D eigenvalue weighted by molar-refractivity contribution is -0.135. The van der Waals surface area contributed by atoms with Crippen LogP contribution in [0.15, 0.2) is 47.7 Å². The molecular formula is C41H49N11O5. The van der Waals surface area contributed by atoms with Crippen LogP contribution in [-0.2, 0) is 21.4 Å². The van der Waals surface area contributed by atoms with Crippen molar-refractivity contribution in [2.75, 3.05) is 55.6 Å². The van der Waals surface area contributed by atoms with Gasteiger partial charge in [-0.25, -0.2) is 19.7 Å². The number of imidazole rings is 1. The average molecular weight is 776 g/mol. The third-order valence-electron chi connectivity index (χ3n) is 12.8. The van der Waals surface area contributed by atoms with Gasteiger partial charge >= 0.3 is 5.69 Å². The lowest BCUT2D eigenvalue weighted by Crippen LogP contribution is -2.50. The molecule has 2 amide bonds. The summed E-state index contributed by atoms with van der Waals surface area (Å²) in [5, 5.41) is 11.0. The number of rotatable bonds is 10. The fourth-order valence-electron chi connectivity index (χ4n) is 9.09. The number of piperazine rings is 1. The molecule has 5 fully saturated rings. The number of amides is 2. The summed E-state index contributed by atoms with van der Waals surface area (Å²) in [6.07, 6.45) is 10.8. The van der Waals surface area contributed by atoms with Crippen molar-refractivity contribution in [1.82, 2.24) is 44.5 Å². The number of fused-ring (bicyclic) bond motifs is 2. The van der Waals surface area contributed by atoms with E-state index in [-0.39, 0.29) is 29.7 Å². The van der Waals surface area contributed by atoms with Gasteiger partial charge < -0.3 is 19.3 Å². The predicted molar refractivity (Wildman–Crippen MR) is 213 cm³/mol. The Bertz CT molecular complexity index is 2400. The van der Waals surface area contributed by atoms with Gasteiger partial charge in [0.15, 0.2) is 0 Å². The molecule has 7 heterocycles. The first-order valence-corrected chi connectivity index (χ1v) is 20.4. The number of hydrogen-bond acceptors (Lipinski definition) is 12. The van der Waals surface area contributed by atoms with Gasteiger partial charge in [-0.05, 0) is 76.0 Å². The molecule has 16 heteroatoms. The lowest BCUT2D eigenvalue weighted by atomic mass is 9.81. The van der Waals surface area contributed by atoms with Crippen molar-refractivity contribution in [3.63, 3.8) is 0 Å². The van der Waals surface area contributed by atoms with Crippen LogP contribution in [0.1, 0.15) is 64.3 Å². The Morgan fingerprint density at radius 3 is 2.46 bits per heavy atom. The van der Waals surface area contributed by atoms with Gasteiger partial charge in [-0.1, -0.05) is 0 Å². The second-order valence-corrected chi connectivity index (χ2v) is 16.9. The molecule has 3 aliphatic heterocycles. The molecule has 1 atom stereocenters. The lowest BCUT2D eigenvalue weighted by Gasteiger charge is -2.43. The van der Waals surface area contributed by atoms with Gasteiger partial charge in [0.25, 0.3) is 0 Å². The van der Waals surface area contributed by atoms with Crippen LogP contribution in [0.4, 0.5) is 11.5 Å². The smallest absolute Gasteiger partial charge is 0.329 e. The summed E-state index contributed by atoms with van der Waals surface area (Å²) in [5.41, 5.74) is 4.61. The highest BCUT2D eigenvalue weighted by Gasteiger charge is 2.41. The van der Waals surface area contributed by atoms with Crippen molar-refractivity contribution in [1.29, 1.82) is 0 Å². The predicted octanol–water partition coefficient (Wildman–Crippen LogP) is 3.56. The highest BCUT2D eigenvalue weighted by atomic mass is 16.5. The van der Waals surface area contributed by atoms with E-state index in [9.17, 15) is 14.4 Å². The summed E-state index contributed by atoms with van der Waals surface area (Å²) < 4.78 is 15.8. The number of hydrogen-bond donors (Lipinski definition) is 2. The largest absolute Gasteiger partial charge is 0.471 e. The summed E-state index contributed by atoms with van der Waals surface area (Å²) >= 11 is 0. The van der Waals surface area contributed by atoms with E-state index < -0.39 is 11.9 Å². The summed E-state index contributed by atoms with van der Waals surface area (Å²) in [6, 6.07) is 9.33. The first-order chi connectivity index (χ1) is 27.7. The molecule has 2 aliphatic carbocycles. The van der Waals surface area contributed by atoms with Crippen molar-refractivity contribution < 1.29 is 19.1 Å². The molecular weight excluding hydrogens is 727 g/mol. The fraction of sp³-hybridized carbons (Fsp3) is 0.537. The van der Waals surface area contributed by atoms with Gasteiger partial charge in [0.1, 0.15) is 29.5 Å². The number of carbonyl (C=O) groups excluding carboxylic acids is 2. The number of benzene rings is 1. The van der Waals surface area contributed by atoms with Crippen molar-refractivity contribution in [2.45, 2.75) is 82.1 Å². The maximum absolute atomic E-state index is 13.2. The van der Waals surface area contributed by atoms with Crippen LogP contribution >= 0.6 is 0 Å². The quantitative estimate of drug-likeness (QED) is 0.198. The molecule has 2 saturated carbocycles. The molecule has 16 nitrogen and oxygen atoms in total. The zero-order chi connectivity index (χ0) is 38.8. The summed E-state index contributed by atoms with van der Waals surface area (Å²) in [7, 11) is 1.74. The molecule has 2 N–H and O–H groups in total. The van der Waals surface area contributed by atoms with Gasteiger partial charge in [0.05, 0.1) is 40.6 Å². The van der Waals surface area contributed by atoms with Crippen molar-refractivity contribution in [2.24, 2.45) is 13.0 Å². The number of H-pyrrole nitrogens is 1. The second kappa shape index (κ2) is 14.2. The Morgan fingerprint density at radius 2 is 1.68 bits per heavy atom. The van der Waals surface area contributed by atoms with Crippen LogP contribution in [0.3, 0.4) is 0 Å². The highest BCUT2D eigenvalue weighted by molar-refractivity contribution is 6.00. The number of aromatic nitrogens is 7. The number of pyridine rings is 1. The van der Waals surface area contributed by atoms with E-state index in [2.05, 4.69) is 52.1 Å². The van der Waals surface area contributed by atoms with E-state index in [1.54, 1.807) is 24.1 Å². The molecule has 0 bridgehead atoms. The first kappa shape index (κ1) is 36.0. The van der Waals surface area contributed by atoms with Crippen molar-refractivity contribution in [3.8, 4) is 17.3 Å². The molecule has 10 rings (SSSR count). The number of anilines is 2. The van der Waals surface area contributed by atoms with E-state index >= 15 is 0 Å². The van der Waals surface area contributed by atoms with E-state index in [1.165, 1.54) is 4.57 Å². The van der Waals surface area contributed by atoms with E-state index in [4.69, 9.17) is 9.47 Å². The molecule has 0 radical (unpaired) electrons. The second-order valence-electron chi connectivity index (χ2n) is 16.9. The van der Waals surface area contributed by atoms with Gasteiger partial charge in [-0.2, -0.15) is 5.10 Å². The number of aromatic amines is 1.